The van der Waals surface area contributed by atoms with E-state index < -0.39 is 0 Å². The number of hydrogen-bond acceptors (Lipinski definition) is 4. The molecule has 1 aromatic carbocycles. The number of methoxy groups -OCH3 is 1. The molecular weight excluding hydrogens is 371 g/mol. The molecule has 0 aromatic heterocycles. The fourth-order valence-electron chi connectivity index (χ4n) is 3.39. The summed E-state index contributed by atoms with van der Waals surface area (Å²) in [6, 6.07) is 6.26. The molecule has 1 unspecified atom stereocenters. The van der Waals surface area contributed by atoms with Gasteiger partial charge >= 0.3 is 0 Å². The summed E-state index contributed by atoms with van der Waals surface area (Å²) in [5.74, 6) is 1.73. The minimum Gasteiger partial charge on any atom is -0.488 e. The second-order valence-corrected chi connectivity index (χ2v) is 7.48. The van der Waals surface area contributed by atoms with E-state index in [0.717, 1.165) is 51.7 Å². The molecule has 2 N–H and O–H groups in total. The average molecular weight is 409 g/mol. The van der Waals surface area contributed by atoms with Crippen LogP contribution in [0.15, 0.2) is 29.3 Å². The molecule has 7 heteroatoms. The summed E-state index contributed by atoms with van der Waals surface area (Å²) in [5.41, 5.74) is 0. The monoisotopic (exact) mass is 408 g/mol. The molecule has 1 aromatic rings. The highest BCUT2D eigenvalue weighted by Gasteiger charge is 2.19. The molecule has 0 bridgehead atoms. The number of guanidine groups is 1. The number of hydrogen-bond donors (Lipinski definition) is 2. The molecule has 1 saturated heterocycles. The maximum atomic E-state index is 13.4. The lowest BCUT2D eigenvalue weighted by Gasteiger charge is -2.32. The number of benzene rings is 1. The largest absolute Gasteiger partial charge is 0.488 e. The molecule has 2 rings (SSSR count). The third-order valence-corrected chi connectivity index (χ3v) is 5.23. The van der Waals surface area contributed by atoms with Crippen LogP contribution < -0.4 is 15.4 Å². The number of aliphatic imine (C=N–C) groups is 1. The molecule has 1 fully saturated rings. The molecule has 0 aliphatic carbocycles. The van der Waals surface area contributed by atoms with Gasteiger partial charge in [0.15, 0.2) is 5.96 Å². The summed E-state index contributed by atoms with van der Waals surface area (Å²) < 4.78 is 24.4. The summed E-state index contributed by atoms with van der Waals surface area (Å²) in [4.78, 5) is 7.16. The Labute approximate surface area is 174 Å². The van der Waals surface area contributed by atoms with Crippen molar-refractivity contribution in [3.63, 3.8) is 0 Å². The van der Waals surface area contributed by atoms with Gasteiger partial charge in [0.2, 0.25) is 0 Å². The van der Waals surface area contributed by atoms with Gasteiger partial charge in [-0.3, -0.25) is 0 Å². The summed E-state index contributed by atoms with van der Waals surface area (Å²) in [6.07, 6.45) is 3.10. The number of ether oxygens (including phenoxy) is 2. The van der Waals surface area contributed by atoms with Crippen LogP contribution in [-0.2, 0) is 4.74 Å². The Morgan fingerprint density at radius 2 is 2.07 bits per heavy atom. The number of piperidine rings is 1. The minimum atomic E-state index is -0.288. The van der Waals surface area contributed by atoms with Crippen molar-refractivity contribution in [2.75, 3.05) is 53.0 Å². The van der Waals surface area contributed by atoms with Gasteiger partial charge in [-0.05, 0) is 57.3 Å². The Morgan fingerprint density at radius 3 is 2.72 bits per heavy atom. The summed E-state index contributed by atoms with van der Waals surface area (Å²) in [6.45, 7) is 10.4. The van der Waals surface area contributed by atoms with Crippen LogP contribution in [0.25, 0.3) is 0 Å². The van der Waals surface area contributed by atoms with Crippen molar-refractivity contribution in [2.45, 2.75) is 39.2 Å². The summed E-state index contributed by atoms with van der Waals surface area (Å²) >= 11 is 0. The Morgan fingerprint density at radius 1 is 1.28 bits per heavy atom. The van der Waals surface area contributed by atoms with Crippen molar-refractivity contribution in [1.82, 2.24) is 15.5 Å². The van der Waals surface area contributed by atoms with Crippen LogP contribution in [0.3, 0.4) is 0 Å². The normalized spacial score (nSPS) is 17.2. The maximum absolute atomic E-state index is 13.4. The van der Waals surface area contributed by atoms with Crippen molar-refractivity contribution in [1.29, 1.82) is 0 Å². The van der Waals surface area contributed by atoms with Crippen LogP contribution in [0.5, 0.6) is 5.75 Å². The van der Waals surface area contributed by atoms with Crippen molar-refractivity contribution >= 4 is 5.96 Å². The molecule has 29 heavy (non-hydrogen) atoms. The van der Waals surface area contributed by atoms with Crippen molar-refractivity contribution < 1.29 is 13.9 Å². The summed E-state index contributed by atoms with van der Waals surface area (Å²) in [5, 5.41) is 6.79. The molecule has 6 nitrogen and oxygen atoms in total. The lowest BCUT2D eigenvalue weighted by molar-refractivity contribution is 0.121. The first-order valence-corrected chi connectivity index (χ1v) is 10.8. The zero-order chi connectivity index (χ0) is 20.9. The predicted octanol–water partition coefficient (Wildman–Crippen LogP) is 2.90. The van der Waals surface area contributed by atoms with Gasteiger partial charge in [-0.1, -0.05) is 13.0 Å². The Kier molecular flexibility index (Phi) is 10.8. The topological polar surface area (TPSA) is 58.1 Å². The fourth-order valence-corrected chi connectivity index (χ4v) is 3.39. The van der Waals surface area contributed by atoms with Gasteiger partial charge in [-0.25, -0.2) is 9.38 Å². The molecule has 1 heterocycles. The van der Waals surface area contributed by atoms with Gasteiger partial charge in [0.1, 0.15) is 17.7 Å². The van der Waals surface area contributed by atoms with Crippen LogP contribution in [0.1, 0.15) is 33.1 Å². The predicted molar refractivity (Wildman–Crippen MR) is 116 cm³/mol. The first-order chi connectivity index (χ1) is 14.1. The van der Waals surface area contributed by atoms with E-state index in [1.165, 1.54) is 25.0 Å². The highest BCUT2D eigenvalue weighted by molar-refractivity contribution is 5.79. The molecule has 1 atom stereocenters. The van der Waals surface area contributed by atoms with E-state index in [1.54, 1.807) is 19.2 Å². The maximum Gasteiger partial charge on any atom is 0.191 e. The molecule has 1 aliphatic rings. The second kappa shape index (κ2) is 13.4. The molecule has 0 amide bonds. The lowest BCUT2D eigenvalue weighted by Crippen LogP contribution is -2.43. The van der Waals surface area contributed by atoms with Crippen LogP contribution in [0, 0.1) is 11.7 Å². The Balaban J connectivity index is 1.79. The number of rotatable bonds is 11. The standard InChI is InChI=1S/C22H37FN4O2/c1-4-20(29-21-8-6-7-19(23)15-21)17-26-22(24-5-2)25-16-18-9-11-27(12-10-18)13-14-28-3/h6-8,15,18,20H,4-5,9-14,16-17H2,1-3H3,(H2,24,25,26). The van der Waals surface area contributed by atoms with E-state index in [9.17, 15) is 4.39 Å². The van der Waals surface area contributed by atoms with Gasteiger partial charge in [-0.15, -0.1) is 0 Å². The van der Waals surface area contributed by atoms with Crippen LogP contribution in [0.2, 0.25) is 0 Å². The van der Waals surface area contributed by atoms with Crippen molar-refractivity contribution in [2.24, 2.45) is 10.9 Å². The molecule has 0 saturated carbocycles. The summed E-state index contributed by atoms with van der Waals surface area (Å²) in [7, 11) is 1.75. The minimum absolute atomic E-state index is 0.0868. The van der Waals surface area contributed by atoms with E-state index >= 15 is 0 Å². The quantitative estimate of drug-likeness (QED) is 0.436. The van der Waals surface area contributed by atoms with Crippen LogP contribution in [-0.4, -0.2) is 69.9 Å². The van der Waals surface area contributed by atoms with Gasteiger partial charge in [0, 0.05) is 32.8 Å². The highest BCUT2D eigenvalue weighted by Crippen LogP contribution is 2.16. The molecule has 0 spiro atoms. The first kappa shape index (κ1) is 23.4. The van der Waals surface area contributed by atoms with E-state index in [-0.39, 0.29) is 11.9 Å². The first-order valence-electron chi connectivity index (χ1n) is 10.8. The molecular formula is C22H37FN4O2. The zero-order valence-corrected chi connectivity index (χ0v) is 18.1. The van der Waals surface area contributed by atoms with E-state index in [2.05, 4.69) is 29.4 Å². The lowest BCUT2D eigenvalue weighted by atomic mass is 9.97. The van der Waals surface area contributed by atoms with E-state index in [1.807, 2.05) is 0 Å². The van der Waals surface area contributed by atoms with E-state index in [0.29, 0.717) is 18.2 Å². The smallest absolute Gasteiger partial charge is 0.191 e. The SMILES string of the molecule is CCNC(=NCC(CC)Oc1cccc(F)c1)NCC1CCN(CCOC)CC1. The van der Waals surface area contributed by atoms with Gasteiger partial charge in [-0.2, -0.15) is 0 Å². The van der Waals surface area contributed by atoms with Gasteiger partial charge < -0.3 is 25.0 Å². The van der Waals surface area contributed by atoms with Crippen LogP contribution in [0.4, 0.5) is 4.39 Å². The van der Waals surface area contributed by atoms with Crippen LogP contribution >= 0.6 is 0 Å². The third-order valence-electron chi connectivity index (χ3n) is 5.23. The number of nitrogens with one attached hydrogen (secondary N) is 2. The number of nitrogens with zero attached hydrogens (tertiary/aromatic N) is 2. The molecule has 164 valence electrons. The van der Waals surface area contributed by atoms with E-state index in [4.69, 9.17) is 14.5 Å². The highest BCUT2D eigenvalue weighted by atomic mass is 19.1. The number of halogens is 1. The van der Waals surface area contributed by atoms with Crippen molar-refractivity contribution in [3.05, 3.63) is 30.1 Å². The number of likely N-dealkylation sites (tertiary alicyclic amines) is 1. The van der Waals surface area contributed by atoms with Crippen molar-refractivity contribution in [3.8, 4) is 5.75 Å². The average Bonchev–Trinajstić information content (AvgIpc) is 2.74. The Bertz CT molecular complexity index is 606. The fraction of sp³-hybridized carbons (Fsp3) is 0.682. The Hall–Kier alpha value is -1.86. The van der Waals surface area contributed by atoms with Gasteiger partial charge in [0.25, 0.3) is 0 Å². The third kappa shape index (κ3) is 9.00. The zero-order valence-electron chi connectivity index (χ0n) is 18.1. The van der Waals surface area contributed by atoms with Gasteiger partial charge in [0.05, 0.1) is 13.2 Å². The second-order valence-electron chi connectivity index (χ2n) is 7.48. The molecule has 0 radical (unpaired) electrons. The molecule has 1 aliphatic heterocycles.